The molecule has 0 aromatic heterocycles. The highest BCUT2D eigenvalue weighted by Gasteiger charge is 2.20. The van der Waals surface area contributed by atoms with E-state index in [9.17, 15) is 4.79 Å². The molecule has 0 bridgehead atoms. The molecule has 0 atom stereocenters. The van der Waals surface area contributed by atoms with E-state index < -0.39 is 5.97 Å². The Morgan fingerprint density at radius 2 is 2.08 bits per heavy atom. The SMILES string of the molecule is C=CCN(CCC(=O)O)C(C)(C)C. The molecule has 0 spiro atoms. The van der Waals surface area contributed by atoms with Gasteiger partial charge in [-0.1, -0.05) is 6.08 Å². The molecule has 0 amide bonds. The van der Waals surface area contributed by atoms with Crippen LogP contribution in [0.4, 0.5) is 0 Å². The minimum atomic E-state index is -0.752. The lowest BCUT2D eigenvalue weighted by Crippen LogP contribution is -2.42. The molecule has 76 valence electrons. The standard InChI is InChI=1S/C10H19NO2/c1-5-7-11(10(2,3)4)8-6-9(12)13/h5H,1,6-8H2,2-4H3,(H,12,13). The highest BCUT2D eigenvalue weighted by Crippen LogP contribution is 2.13. The van der Waals surface area contributed by atoms with Crippen molar-refractivity contribution in [3.05, 3.63) is 12.7 Å². The van der Waals surface area contributed by atoms with E-state index in [0.29, 0.717) is 6.54 Å². The van der Waals surface area contributed by atoms with Crippen molar-refractivity contribution in [3.8, 4) is 0 Å². The van der Waals surface area contributed by atoms with E-state index in [2.05, 4.69) is 32.3 Å². The summed E-state index contributed by atoms with van der Waals surface area (Å²) in [6, 6.07) is 0. The van der Waals surface area contributed by atoms with E-state index in [0.717, 1.165) is 6.54 Å². The number of carbonyl (C=O) groups is 1. The Morgan fingerprint density at radius 1 is 1.54 bits per heavy atom. The lowest BCUT2D eigenvalue weighted by atomic mass is 10.1. The predicted molar refractivity (Wildman–Crippen MR) is 53.8 cm³/mol. The van der Waals surface area contributed by atoms with E-state index in [4.69, 9.17) is 5.11 Å². The fourth-order valence-corrected chi connectivity index (χ4v) is 1.09. The largest absolute Gasteiger partial charge is 0.481 e. The minimum absolute atomic E-state index is 0.00361. The zero-order chi connectivity index (χ0) is 10.5. The fraction of sp³-hybridized carbons (Fsp3) is 0.700. The van der Waals surface area contributed by atoms with Crippen molar-refractivity contribution in [2.45, 2.75) is 32.7 Å². The number of hydrogen-bond acceptors (Lipinski definition) is 2. The summed E-state index contributed by atoms with van der Waals surface area (Å²) in [5.74, 6) is -0.752. The number of carboxylic acids is 1. The third-order valence-electron chi connectivity index (χ3n) is 1.89. The van der Waals surface area contributed by atoms with E-state index in [-0.39, 0.29) is 12.0 Å². The van der Waals surface area contributed by atoms with E-state index in [1.54, 1.807) is 6.08 Å². The number of carboxylic acid groups (broad SMARTS) is 1. The van der Waals surface area contributed by atoms with Crippen LogP contribution in [0, 0.1) is 0 Å². The maximum atomic E-state index is 10.4. The van der Waals surface area contributed by atoms with Crippen LogP contribution in [0.1, 0.15) is 27.2 Å². The second-order valence-electron chi connectivity index (χ2n) is 4.05. The molecule has 0 aromatic rings. The van der Waals surface area contributed by atoms with Crippen LogP contribution in [-0.4, -0.2) is 34.6 Å². The molecule has 0 saturated carbocycles. The average molecular weight is 185 g/mol. The second-order valence-corrected chi connectivity index (χ2v) is 4.05. The summed E-state index contributed by atoms with van der Waals surface area (Å²) >= 11 is 0. The van der Waals surface area contributed by atoms with Gasteiger partial charge < -0.3 is 5.11 Å². The molecule has 1 N–H and O–H groups in total. The van der Waals surface area contributed by atoms with Gasteiger partial charge in [0.25, 0.3) is 0 Å². The van der Waals surface area contributed by atoms with Gasteiger partial charge in [-0.2, -0.15) is 0 Å². The van der Waals surface area contributed by atoms with Crippen molar-refractivity contribution in [1.29, 1.82) is 0 Å². The Bertz CT molecular complexity index is 182. The van der Waals surface area contributed by atoms with E-state index >= 15 is 0 Å². The number of hydrogen-bond donors (Lipinski definition) is 1. The molecule has 0 aromatic carbocycles. The van der Waals surface area contributed by atoms with Crippen LogP contribution in [0.2, 0.25) is 0 Å². The monoisotopic (exact) mass is 185 g/mol. The summed E-state index contributed by atoms with van der Waals surface area (Å²) in [5.41, 5.74) is 0.00361. The van der Waals surface area contributed by atoms with Crippen LogP contribution < -0.4 is 0 Å². The Morgan fingerprint density at radius 3 is 2.38 bits per heavy atom. The van der Waals surface area contributed by atoms with Crippen LogP contribution in [0.25, 0.3) is 0 Å². The van der Waals surface area contributed by atoms with Crippen LogP contribution in [0.5, 0.6) is 0 Å². The van der Waals surface area contributed by atoms with Crippen LogP contribution in [-0.2, 0) is 4.79 Å². The Hall–Kier alpha value is -0.830. The molecular formula is C10H19NO2. The molecule has 3 nitrogen and oxygen atoms in total. The molecule has 0 saturated heterocycles. The van der Waals surface area contributed by atoms with Crippen LogP contribution in [0.15, 0.2) is 12.7 Å². The summed E-state index contributed by atoms with van der Waals surface area (Å²) in [6.07, 6.45) is 1.98. The first-order chi connectivity index (χ1) is 5.88. The van der Waals surface area contributed by atoms with Gasteiger partial charge in [0, 0.05) is 18.6 Å². The van der Waals surface area contributed by atoms with Gasteiger partial charge in [-0.25, -0.2) is 0 Å². The topological polar surface area (TPSA) is 40.5 Å². The third kappa shape index (κ3) is 5.42. The zero-order valence-electron chi connectivity index (χ0n) is 8.71. The number of nitrogens with zero attached hydrogens (tertiary/aromatic N) is 1. The van der Waals surface area contributed by atoms with Gasteiger partial charge in [0.1, 0.15) is 0 Å². The van der Waals surface area contributed by atoms with Crippen molar-refractivity contribution in [2.24, 2.45) is 0 Å². The molecule has 0 aliphatic rings. The van der Waals surface area contributed by atoms with Gasteiger partial charge in [0.15, 0.2) is 0 Å². The molecule has 0 heterocycles. The molecule has 3 heteroatoms. The zero-order valence-corrected chi connectivity index (χ0v) is 8.71. The lowest BCUT2D eigenvalue weighted by Gasteiger charge is -2.34. The Balaban J connectivity index is 4.10. The van der Waals surface area contributed by atoms with Crippen LogP contribution >= 0.6 is 0 Å². The molecule has 0 aliphatic carbocycles. The van der Waals surface area contributed by atoms with Gasteiger partial charge in [-0.3, -0.25) is 9.69 Å². The normalized spacial score (nSPS) is 11.7. The van der Waals surface area contributed by atoms with Gasteiger partial charge >= 0.3 is 5.97 Å². The van der Waals surface area contributed by atoms with Crippen molar-refractivity contribution in [2.75, 3.05) is 13.1 Å². The molecule has 0 rings (SSSR count). The van der Waals surface area contributed by atoms with Gasteiger partial charge in [-0.05, 0) is 20.8 Å². The smallest absolute Gasteiger partial charge is 0.304 e. The van der Waals surface area contributed by atoms with Gasteiger partial charge in [0.05, 0.1) is 6.42 Å². The maximum absolute atomic E-state index is 10.4. The first kappa shape index (κ1) is 12.2. The third-order valence-corrected chi connectivity index (χ3v) is 1.89. The highest BCUT2D eigenvalue weighted by molar-refractivity contribution is 5.66. The van der Waals surface area contributed by atoms with Crippen molar-refractivity contribution in [1.82, 2.24) is 4.90 Å². The molecule has 0 unspecified atom stereocenters. The van der Waals surface area contributed by atoms with Crippen molar-refractivity contribution >= 4 is 5.97 Å². The van der Waals surface area contributed by atoms with Crippen molar-refractivity contribution in [3.63, 3.8) is 0 Å². The molecular weight excluding hydrogens is 166 g/mol. The van der Waals surface area contributed by atoms with E-state index in [1.165, 1.54) is 0 Å². The van der Waals surface area contributed by atoms with Gasteiger partial charge in [-0.15, -0.1) is 6.58 Å². The van der Waals surface area contributed by atoms with Gasteiger partial charge in [0.2, 0.25) is 0 Å². The molecule has 0 aliphatic heterocycles. The fourth-order valence-electron chi connectivity index (χ4n) is 1.09. The summed E-state index contributed by atoms with van der Waals surface area (Å²) in [7, 11) is 0. The number of rotatable bonds is 5. The van der Waals surface area contributed by atoms with Crippen LogP contribution in [0.3, 0.4) is 0 Å². The Labute approximate surface area is 80.0 Å². The predicted octanol–water partition coefficient (Wildman–Crippen LogP) is 1.75. The lowest BCUT2D eigenvalue weighted by molar-refractivity contribution is -0.137. The minimum Gasteiger partial charge on any atom is -0.481 e. The first-order valence-electron chi connectivity index (χ1n) is 4.45. The first-order valence-corrected chi connectivity index (χ1v) is 4.45. The highest BCUT2D eigenvalue weighted by atomic mass is 16.4. The molecule has 0 radical (unpaired) electrons. The quantitative estimate of drug-likeness (QED) is 0.663. The number of aliphatic carboxylic acids is 1. The molecule has 0 fully saturated rings. The summed E-state index contributed by atoms with van der Waals surface area (Å²) in [6.45, 7) is 11.2. The Kier molecular flexibility index (Phi) is 4.70. The summed E-state index contributed by atoms with van der Waals surface area (Å²) in [5, 5.41) is 8.54. The van der Waals surface area contributed by atoms with Crippen molar-refractivity contribution < 1.29 is 9.90 Å². The molecule has 13 heavy (non-hydrogen) atoms. The summed E-state index contributed by atoms with van der Waals surface area (Å²) < 4.78 is 0. The second kappa shape index (κ2) is 5.02. The average Bonchev–Trinajstić information content (AvgIpc) is 1.95. The summed E-state index contributed by atoms with van der Waals surface area (Å²) in [4.78, 5) is 12.5. The van der Waals surface area contributed by atoms with E-state index in [1.807, 2.05) is 0 Å². The maximum Gasteiger partial charge on any atom is 0.304 e.